The third-order valence-electron chi connectivity index (χ3n) is 4.75. The van der Waals surface area contributed by atoms with Gasteiger partial charge in [0, 0.05) is 18.4 Å². The minimum Gasteiger partial charge on any atom is -0.383 e. The Kier molecular flexibility index (Phi) is 3.89. The number of H-pyrrole nitrogens is 1. The third-order valence-corrected chi connectivity index (χ3v) is 4.75. The standard InChI is InChI=1S/C16H15F3N6O/c17-7-1-2-10(19)9(3-7)11-4-8(18)5-25(11)16(26)13-12-14(20)21-6-22-15(12)24-23-13/h1-3,6,8-11H,4-5H2,(H3,20,21,22,23,24)/t8-,9?,10?,11+/m0/s1. The summed E-state index contributed by atoms with van der Waals surface area (Å²) in [5.41, 5.74) is 6.00. The van der Waals surface area contributed by atoms with Gasteiger partial charge in [0.25, 0.3) is 5.91 Å². The second-order valence-corrected chi connectivity index (χ2v) is 6.35. The maximum absolute atomic E-state index is 14.3. The van der Waals surface area contributed by atoms with E-state index in [4.69, 9.17) is 5.73 Å². The number of nitrogen functional groups attached to an aromatic ring is 1. The van der Waals surface area contributed by atoms with E-state index in [1.165, 1.54) is 11.2 Å². The molecule has 0 saturated carbocycles. The zero-order valence-electron chi connectivity index (χ0n) is 13.4. The van der Waals surface area contributed by atoms with Crippen LogP contribution in [-0.4, -0.2) is 55.9 Å². The molecule has 10 heteroatoms. The van der Waals surface area contributed by atoms with Crippen molar-refractivity contribution in [2.75, 3.05) is 12.3 Å². The Labute approximate surface area is 145 Å². The molecule has 1 saturated heterocycles. The van der Waals surface area contributed by atoms with Crippen LogP contribution in [-0.2, 0) is 0 Å². The zero-order valence-corrected chi connectivity index (χ0v) is 13.4. The van der Waals surface area contributed by atoms with Crippen molar-refractivity contribution in [1.82, 2.24) is 25.1 Å². The number of aromatic amines is 1. The minimum atomic E-state index is -1.51. The second-order valence-electron chi connectivity index (χ2n) is 6.35. The summed E-state index contributed by atoms with van der Waals surface area (Å²) in [6.07, 6.45) is 1.48. The lowest BCUT2D eigenvalue weighted by molar-refractivity contribution is 0.0666. The van der Waals surface area contributed by atoms with Crippen molar-refractivity contribution < 1.29 is 18.0 Å². The molecule has 0 spiro atoms. The Morgan fingerprint density at radius 3 is 2.96 bits per heavy atom. The molecule has 1 aliphatic carbocycles. The summed E-state index contributed by atoms with van der Waals surface area (Å²) in [7, 11) is 0. The monoisotopic (exact) mass is 364 g/mol. The van der Waals surface area contributed by atoms with Crippen molar-refractivity contribution in [2.45, 2.75) is 24.8 Å². The number of carbonyl (C=O) groups is 1. The number of nitrogens with zero attached hydrogens (tertiary/aromatic N) is 4. The predicted molar refractivity (Wildman–Crippen MR) is 87.2 cm³/mol. The molecule has 136 valence electrons. The van der Waals surface area contributed by atoms with Crippen molar-refractivity contribution in [1.29, 1.82) is 0 Å². The Morgan fingerprint density at radius 1 is 1.35 bits per heavy atom. The first-order chi connectivity index (χ1) is 12.5. The quantitative estimate of drug-likeness (QED) is 0.847. The van der Waals surface area contributed by atoms with Crippen LogP contribution < -0.4 is 5.73 Å². The summed E-state index contributed by atoms with van der Waals surface area (Å²) in [5.74, 6) is -2.13. The smallest absolute Gasteiger partial charge is 0.273 e. The van der Waals surface area contributed by atoms with Gasteiger partial charge in [-0.25, -0.2) is 23.1 Å². The number of hydrogen-bond donors (Lipinski definition) is 2. The molecule has 2 aromatic heterocycles. The number of allylic oxidation sites excluding steroid dienone is 3. The lowest BCUT2D eigenvalue weighted by Gasteiger charge is -2.31. The fraction of sp³-hybridized carbons (Fsp3) is 0.375. The fourth-order valence-electron chi connectivity index (χ4n) is 3.56. The highest BCUT2D eigenvalue weighted by Crippen LogP contribution is 2.35. The number of nitrogens with one attached hydrogen (secondary N) is 1. The fourth-order valence-corrected chi connectivity index (χ4v) is 3.56. The SMILES string of the molecule is Nc1ncnc2n[nH]c(C(=O)N3C[C@@H](F)C[C@@H]3C3C=C(F)C=CC3F)c12. The van der Waals surface area contributed by atoms with E-state index in [-0.39, 0.29) is 35.5 Å². The van der Waals surface area contributed by atoms with Gasteiger partial charge in [-0.05, 0) is 18.2 Å². The van der Waals surface area contributed by atoms with Crippen molar-refractivity contribution in [3.8, 4) is 0 Å². The number of aromatic nitrogens is 4. The third kappa shape index (κ3) is 2.61. The number of carbonyl (C=O) groups excluding carboxylic acids is 1. The Balaban J connectivity index is 1.71. The van der Waals surface area contributed by atoms with Gasteiger partial charge in [0.2, 0.25) is 0 Å². The number of alkyl halides is 2. The zero-order chi connectivity index (χ0) is 18.4. The maximum atomic E-state index is 14.3. The number of nitrogens with two attached hydrogens (primary N) is 1. The van der Waals surface area contributed by atoms with E-state index < -0.39 is 36.0 Å². The van der Waals surface area contributed by atoms with Gasteiger partial charge >= 0.3 is 0 Å². The molecule has 4 rings (SSSR count). The van der Waals surface area contributed by atoms with Crippen LogP contribution in [0.25, 0.3) is 11.0 Å². The molecule has 3 N–H and O–H groups in total. The predicted octanol–water partition coefficient (Wildman–Crippen LogP) is 1.87. The van der Waals surface area contributed by atoms with Gasteiger partial charge in [0.1, 0.15) is 36.0 Å². The normalized spacial score (nSPS) is 28.6. The number of halogens is 3. The topological polar surface area (TPSA) is 101 Å². The Bertz CT molecular complexity index is 926. The minimum absolute atomic E-state index is 0.00316. The van der Waals surface area contributed by atoms with Crippen LogP contribution >= 0.6 is 0 Å². The van der Waals surface area contributed by atoms with Gasteiger partial charge in [0.05, 0.1) is 11.9 Å². The second kappa shape index (κ2) is 6.11. The van der Waals surface area contributed by atoms with E-state index >= 15 is 0 Å². The molecular formula is C16H15F3N6O. The molecule has 7 nitrogen and oxygen atoms in total. The average molecular weight is 364 g/mol. The molecule has 0 radical (unpaired) electrons. The van der Waals surface area contributed by atoms with Gasteiger partial charge in [0.15, 0.2) is 5.65 Å². The van der Waals surface area contributed by atoms with Gasteiger partial charge in [-0.3, -0.25) is 9.89 Å². The van der Waals surface area contributed by atoms with Gasteiger partial charge in [-0.15, -0.1) is 0 Å². The molecule has 2 unspecified atom stereocenters. The summed E-state index contributed by atoms with van der Waals surface area (Å²) in [6.45, 7) is -0.222. The van der Waals surface area contributed by atoms with Crippen LogP contribution in [0.2, 0.25) is 0 Å². The molecule has 4 atom stereocenters. The first-order valence-electron chi connectivity index (χ1n) is 8.05. The van der Waals surface area contributed by atoms with Crippen LogP contribution in [0.4, 0.5) is 19.0 Å². The highest BCUT2D eigenvalue weighted by Gasteiger charge is 2.43. The lowest BCUT2D eigenvalue weighted by Crippen LogP contribution is -2.43. The van der Waals surface area contributed by atoms with Crippen LogP contribution in [0.1, 0.15) is 16.9 Å². The summed E-state index contributed by atoms with van der Waals surface area (Å²) < 4.78 is 41.9. The maximum Gasteiger partial charge on any atom is 0.273 e. The van der Waals surface area contributed by atoms with Crippen molar-refractivity contribution in [2.24, 2.45) is 5.92 Å². The van der Waals surface area contributed by atoms with E-state index in [9.17, 15) is 18.0 Å². The van der Waals surface area contributed by atoms with E-state index in [2.05, 4.69) is 20.2 Å². The molecule has 0 aromatic carbocycles. The van der Waals surface area contributed by atoms with Crippen LogP contribution in [0.3, 0.4) is 0 Å². The molecule has 1 fully saturated rings. The van der Waals surface area contributed by atoms with Crippen LogP contribution in [0.15, 0.2) is 30.4 Å². The van der Waals surface area contributed by atoms with Crippen molar-refractivity contribution in [3.63, 3.8) is 0 Å². The molecule has 0 bridgehead atoms. The summed E-state index contributed by atoms with van der Waals surface area (Å²) in [4.78, 5) is 21.9. The van der Waals surface area contributed by atoms with Crippen molar-refractivity contribution >= 4 is 22.8 Å². The first-order valence-corrected chi connectivity index (χ1v) is 8.05. The van der Waals surface area contributed by atoms with Gasteiger partial charge in [-0.1, -0.05) is 0 Å². The molecule has 26 heavy (non-hydrogen) atoms. The molecule has 2 aromatic rings. The number of rotatable bonds is 2. The van der Waals surface area contributed by atoms with E-state index in [1.807, 2.05) is 0 Å². The summed E-state index contributed by atoms with van der Waals surface area (Å²) >= 11 is 0. The lowest BCUT2D eigenvalue weighted by atomic mass is 9.89. The Morgan fingerprint density at radius 2 is 2.15 bits per heavy atom. The van der Waals surface area contributed by atoms with E-state index in [0.717, 1.165) is 18.2 Å². The van der Waals surface area contributed by atoms with Gasteiger partial charge in [-0.2, -0.15) is 5.10 Å². The first kappa shape index (κ1) is 16.6. The highest BCUT2D eigenvalue weighted by atomic mass is 19.1. The van der Waals surface area contributed by atoms with Crippen LogP contribution in [0.5, 0.6) is 0 Å². The van der Waals surface area contributed by atoms with Crippen molar-refractivity contribution in [3.05, 3.63) is 36.1 Å². The Hall–Kier alpha value is -2.91. The number of fused-ring (bicyclic) bond motifs is 1. The largest absolute Gasteiger partial charge is 0.383 e. The number of hydrogen-bond acceptors (Lipinski definition) is 5. The van der Waals surface area contributed by atoms with Gasteiger partial charge < -0.3 is 10.6 Å². The molecule has 3 heterocycles. The molecule has 1 amide bonds. The number of anilines is 1. The number of likely N-dealkylation sites (tertiary alicyclic amines) is 1. The van der Waals surface area contributed by atoms with Crippen LogP contribution in [0, 0.1) is 5.92 Å². The average Bonchev–Trinajstić information content (AvgIpc) is 3.21. The van der Waals surface area contributed by atoms with E-state index in [0.29, 0.717) is 0 Å². The summed E-state index contributed by atoms with van der Waals surface area (Å²) in [5, 5.41) is 6.67. The molecule has 2 aliphatic rings. The highest BCUT2D eigenvalue weighted by molar-refractivity contribution is 6.07. The summed E-state index contributed by atoms with van der Waals surface area (Å²) in [6, 6.07) is -0.826. The number of amides is 1. The van der Waals surface area contributed by atoms with E-state index in [1.54, 1.807) is 0 Å². The molecular weight excluding hydrogens is 349 g/mol. The molecule has 1 aliphatic heterocycles.